The van der Waals surface area contributed by atoms with Crippen LogP contribution in [0.15, 0.2) is 0 Å². The first-order valence-electron chi connectivity index (χ1n) is 6.23. The highest BCUT2D eigenvalue weighted by molar-refractivity contribution is 7.99. The van der Waals surface area contributed by atoms with Crippen molar-refractivity contribution in [2.45, 2.75) is 62.7 Å². The summed E-state index contributed by atoms with van der Waals surface area (Å²) in [6, 6.07) is 0.496. The van der Waals surface area contributed by atoms with E-state index in [9.17, 15) is 0 Å². The summed E-state index contributed by atoms with van der Waals surface area (Å²) < 4.78 is 0. The fraction of sp³-hybridized carbons (Fsp3) is 1.00. The molecule has 2 heteroatoms. The molecule has 1 atom stereocenters. The first kappa shape index (κ1) is 10.8. The first-order valence-corrected chi connectivity index (χ1v) is 7.28. The monoisotopic (exact) mass is 213 g/mol. The molecule has 0 aromatic rings. The second-order valence-electron chi connectivity index (χ2n) is 4.95. The van der Waals surface area contributed by atoms with Crippen molar-refractivity contribution in [3.8, 4) is 0 Å². The Bertz CT molecular complexity index is 160. The van der Waals surface area contributed by atoms with E-state index in [-0.39, 0.29) is 0 Å². The van der Waals surface area contributed by atoms with Crippen molar-refractivity contribution in [3.63, 3.8) is 0 Å². The molecule has 0 saturated heterocycles. The van der Waals surface area contributed by atoms with E-state index < -0.39 is 0 Å². The van der Waals surface area contributed by atoms with Gasteiger partial charge in [0.05, 0.1) is 0 Å². The zero-order valence-electron chi connectivity index (χ0n) is 9.08. The number of hydrogen-bond donors (Lipinski definition) is 1. The number of rotatable bonds is 4. The van der Waals surface area contributed by atoms with Gasteiger partial charge in [-0.05, 0) is 31.6 Å². The van der Waals surface area contributed by atoms with Gasteiger partial charge in [0.1, 0.15) is 0 Å². The third-order valence-electron chi connectivity index (χ3n) is 3.83. The fourth-order valence-corrected chi connectivity index (χ4v) is 3.92. The Hall–Kier alpha value is 0.310. The summed E-state index contributed by atoms with van der Waals surface area (Å²) in [6.45, 7) is 0. The molecule has 1 nitrogen and oxygen atoms in total. The Morgan fingerprint density at radius 2 is 1.71 bits per heavy atom. The maximum Gasteiger partial charge on any atom is 0.0159 e. The highest BCUT2D eigenvalue weighted by Crippen LogP contribution is 2.33. The minimum Gasteiger partial charge on any atom is -0.327 e. The van der Waals surface area contributed by atoms with Gasteiger partial charge in [-0.2, -0.15) is 11.8 Å². The van der Waals surface area contributed by atoms with E-state index in [2.05, 4.69) is 11.8 Å². The molecule has 0 heterocycles. The average molecular weight is 213 g/mol. The van der Waals surface area contributed by atoms with Crippen LogP contribution >= 0.6 is 11.8 Å². The van der Waals surface area contributed by atoms with Crippen LogP contribution in [0.25, 0.3) is 0 Å². The highest BCUT2D eigenvalue weighted by atomic mass is 32.2. The normalized spacial score (nSPS) is 27.2. The van der Waals surface area contributed by atoms with Crippen LogP contribution in [0.4, 0.5) is 0 Å². The smallest absolute Gasteiger partial charge is 0.0159 e. The molecule has 1 unspecified atom stereocenters. The van der Waals surface area contributed by atoms with Crippen LogP contribution in [-0.2, 0) is 0 Å². The zero-order valence-corrected chi connectivity index (χ0v) is 9.90. The van der Waals surface area contributed by atoms with Gasteiger partial charge in [0.15, 0.2) is 0 Å². The topological polar surface area (TPSA) is 26.0 Å². The van der Waals surface area contributed by atoms with Gasteiger partial charge < -0.3 is 5.73 Å². The van der Waals surface area contributed by atoms with E-state index in [0.717, 1.165) is 11.2 Å². The summed E-state index contributed by atoms with van der Waals surface area (Å²) in [5, 5.41) is 0.940. The highest BCUT2D eigenvalue weighted by Gasteiger charge is 2.25. The maximum absolute atomic E-state index is 6.18. The van der Waals surface area contributed by atoms with Gasteiger partial charge >= 0.3 is 0 Å². The molecule has 0 bridgehead atoms. The molecule has 14 heavy (non-hydrogen) atoms. The number of hydrogen-bond acceptors (Lipinski definition) is 2. The Labute approximate surface area is 92.2 Å². The Kier molecular flexibility index (Phi) is 4.18. The molecule has 2 aliphatic carbocycles. The van der Waals surface area contributed by atoms with Crippen molar-refractivity contribution in [3.05, 3.63) is 0 Å². The number of nitrogens with two attached hydrogens (primary N) is 1. The van der Waals surface area contributed by atoms with Gasteiger partial charge in [0.2, 0.25) is 0 Å². The van der Waals surface area contributed by atoms with Crippen LogP contribution in [0.1, 0.15) is 51.4 Å². The minimum absolute atomic E-state index is 0.496. The van der Waals surface area contributed by atoms with Crippen LogP contribution in [0.2, 0.25) is 0 Å². The third kappa shape index (κ3) is 2.90. The van der Waals surface area contributed by atoms with Gasteiger partial charge in [0.25, 0.3) is 0 Å². The van der Waals surface area contributed by atoms with Crippen LogP contribution in [-0.4, -0.2) is 17.0 Å². The van der Waals surface area contributed by atoms with Crippen molar-refractivity contribution < 1.29 is 0 Å². The van der Waals surface area contributed by atoms with Crippen LogP contribution < -0.4 is 5.73 Å². The zero-order chi connectivity index (χ0) is 9.80. The predicted octanol–water partition coefficient (Wildman–Crippen LogP) is 3.18. The van der Waals surface area contributed by atoms with E-state index in [0.29, 0.717) is 6.04 Å². The average Bonchev–Trinajstić information content (AvgIpc) is 2.14. The van der Waals surface area contributed by atoms with Crippen molar-refractivity contribution in [2.75, 3.05) is 5.75 Å². The quantitative estimate of drug-likeness (QED) is 0.776. The molecule has 0 aromatic heterocycles. The molecular weight excluding hydrogens is 190 g/mol. The standard InChI is InChI=1S/C12H23NS/c13-12(10-5-4-6-10)9-14-11-7-2-1-3-8-11/h10-12H,1-9,13H2. The minimum atomic E-state index is 0.496. The Morgan fingerprint density at radius 1 is 1.00 bits per heavy atom. The van der Waals surface area contributed by atoms with Crippen molar-refractivity contribution in [2.24, 2.45) is 11.7 Å². The molecule has 0 radical (unpaired) electrons. The van der Waals surface area contributed by atoms with Gasteiger partial charge in [-0.25, -0.2) is 0 Å². The fourth-order valence-electron chi connectivity index (χ4n) is 2.48. The van der Waals surface area contributed by atoms with Crippen molar-refractivity contribution in [1.29, 1.82) is 0 Å². The molecule has 0 spiro atoms. The van der Waals surface area contributed by atoms with E-state index in [1.54, 1.807) is 0 Å². The van der Waals surface area contributed by atoms with E-state index in [1.807, 2.05) is 0 Å². The lowest BCUT2D eigenvalue weighted by Gasteiger charge is -2.32. The molecule has 2 fully saturated rings. The second-order valence-corrected chi connectivity index (χ2v) is 6.28. The molecule has 2 saturated carbocycles. The second kappa shape index (κ2) is 5.41. The van der Waals surface area contributed by atoms with Crippen LogP contribution in [0.3, 0.4) is 0 Å². The van der Waals surface area contributed by atoms with E-state index >= 15 is 0 Å². The predicted molar refractivity (Wildman–Crippen MR) is 64.6 cm³/mol. The summed E-state index contributed by atoms with van der Waals surface area (Å²) in [6.07, 6.45) is 11.5. The molecule has 0 amide bonds. The SMILES string of the molecule is NC(CSC1CCCCC1)C1CCC1. The van der Waals surface area contributed by atoms with Gasteiger partial charge in [-0.3, -0.25) is 0 Å². The summed E-state index contributed by atoms with van der Waals surface area (Å²) in [7, 11) is 0. The molecule has 0 aliphatic heterocycles. The first-order chi connectivity index (χ1) is 6.86. The summed E-state index contributed by atoms with van der Waals surface area (Å²) in [5.74, 6) is 2.08. The maximum atomic E-state index is 6.18. The summed E-state index contributed by atoms with van der Waals surface area (Å²) >= 11 is 2.16. The third-order valence-corrected chi connectivity index (χ3v) is 5.35. The molecule has 2 rings (SSSR count). The molecular formula is C12H23NS. The molecule has 0 aromatic carbocycles. The van der Waals surface area contributed by atoms with Crippen molar-refractivity contribution >= 4 is 11.8 Å². The lowest BCUT2D eigenvalue weighted by Crippen LogP contribution is -2.37. The van der Waals surface area contributed by atoms with Gasteiger partial charge in [-0.15, -0.1) is 0 Å². The largest absolute Gasteiger partial charge is 0.327 e. The Balaban J connectivity index is 1.60. The molecule has 2 N–H and O–H groups in total. The molecule has 2 aliphatic rings. The lowest BCUT2D eigenvalue weighted by molar-refractivity contribution is 0.275. The van der Waals surface area contributed by atoms with Crippen LogP contribution in [0.5, 0.6) is 0 Å². The lowest BCUT2D eigenvalue weighted by atomic mass is 9.81. The molecule has 82 valence electrons. The van der Waals surface area contributed by atoms with Gasteiger partial charge in [-0.1, -0.05) is 25.7 Å². The van der Waals surface area contributed by atoms with E-state index in [4.69, 9.17) is 5.73 Å². The summed E-state index contributed by atoms with van der Waals surface area (Å²) in [5.41, 5.74) is 6.18. The van der Waals surface area contributed by atoms with Crippen molar-refractivity contribution in [1.82, 2.24) is 0 Å². The van der Waals surface area contributed by atoms with E-state index in [1.165, 1.54) is 57.1 Å². The summed E-state index contributed by atoms with van der Waals surface area (Å²) in [4.78, 5) is 0. The van der Waals surface area contributed by atoms with Gasteiger partial charge in [0, 0.05) is 17.0 Å². The number of thioether (sulfide) groups is 1. The Morgan fingerprint density at radius 3 is 2.29 bits per heavy atom. The van der Waals surface area contributed by atoms with Crippen LogP contribution in [0, 0.1) is 5.92 Å².